The lowest BCUT2D eigenvalue weighted by molar-refractivity contribution is 0.222. The van der Waals surface area contributed by atoms with Crippen molar-refractivity contribution in [2.24, 2.45) is 0 Å². The third kappa shape index (κ3) is 2.97. The SMILES string of the molecule is O=C(Nc1ccc2sc(-c3cccc(F)c3)nc2c1)N1CCCC1. The predicted molar refractivity (Wildman–Crippen MR) is 94.8 cm³/mol. The summed E-state index contributed by atoms with van der Waals surface area (Å²) in [4.78, 5) is 18.6. The van der Waals surface area contributed by atoms with Gasteiger partial charge in [-0.15, -0.1) is 11.3 Å². The molecule has 4 nitrogen and oxygen atoms in total. The van der Waals surface area contributed by atoms with Crippen molar-refractivity contribution in [2.75, 3.05) is 18.4 Å². The number of carbonyl (C=O) groups excluding carboxylic acids is 1. The molecule has 1 aliphatic rings. The number of aromatic nitrogens is 1. The minimum Gasteiger partial charge on any atom is -0.325 e. The smallest absolute Gasteiger partial charge is 0.321 e. The molecular weight excluding hydrogens is 325 g/mol. The number of halogens is 1. The molecule has 0 atom stereocenters. The maximum absolute atomic E-state index is 13.4. The summed E-state index contributed by atoms with van der Waals surface area (Å²) in [6.07, 6.45) is 2.13. The van der Waals surface area contributed by atoms with Gasteiger partial charge in [0.15, 0.2) is 0 Å². The molecule has 4 rings (SSSR count). The fourth-order valence-electron chi connectivity index (χ4n) is 2.87. The Morgan fingerprint density at radius 2 is 2.00 bits per heavy atom. The second-order valence-corrected chi connectivity index (χ2v) is 6.87. The lowest BCUT2D eigenvalue weighted by Gasteiger charge is -2.16. The molecule has 0 bridgehead atoms. The summed E-state index contributed by atoms with van der Waals surface area (Å²) in [5.74, 6) is -0.273. The van der Waals surface area contributed by atoms with Crippen LogP contribution in [0.1, 0.15) is 12.8 Å². The number of anilines is 1. The summed E-state index contributed by atoms with van der Waals surface area (Å²) < 4.78 is 14.4. The van der Waals surface area contributed by atoms with Gasteiger partial charge < -0.3 is 10.2 Å². The van der Waals surface area contributed by atoms with Crippen LogP contribution in [0, 0.1) is 5.82 Å². The average molecular weight is 341 g/mol. The Bertz CT molecular complexity index is 902. The molecule has 1 saturated heterocycles. The maximum Gasteiger partial charge on any atom is 0.321 e. The normalized spacial score (nSPS) is 14.3. The van der Waals surface area contributed by atoms with Gasteiger partial charge in [-0.3, -0.25) is 0 Å². The summed E-state index contributed by atoms with van der Waals surface area (Å²) in [5, 5.41) is 3.70. The summed E-state index contributed by atoms with van der Waals surface area (Å²) in [6.45, 7) is 1.63. The summed E-state index contributed by atoms with van der Waals surface area (Å²) in [7, 11) is 0. The van der Waals surface area contributed by atoms with Crippen molar-refractivity contribution in [1.82, 2.24) is 9.88 Å². The lowest BCUT2D eigenvalue weighted by Crippen LogP contribution is -2.32. The van der Waals surface area contributed by atoms with Gasteiger partial charge in [0.1, 0.15) is 10.8 Å². The first kappa shape index (κ1) is 15.1. The van der Waals surface area contributed by atoms with Crippen LogP contribution in [0.2, 0.25) is 0 Å². The molecule has 6 heteroatoms. The molecule has 3 aromatic rings. The van der Waals surface area contributed by atoms with E-state index in [1.165, 1.54) is 23.5 Å². The fourth-order valence-corrected chi connectivity index (χ4v) is 3.82. The van der Waals surface area contributed by atoms with Crippen LogP contribution in [0.4, 0.5) is 14.9 Å². The van der Waals surface area contributed by atoms with Gasteiger partial charge in [-0.05, 0) is 43.2 Å². The summed E-state index contributed by atoms with van der Waals surface area (Å²) in [5.41, 5.74) is 2.30. The van der Waals surface area contributed by atoms with Crippen molar-refractivity contribution in [3.05, 3.63) is 48.3 Å². The highest BCUT2D eigenvalue weighted by Gasteiger charge is 2.18. The molecule has 1 N–H and O–H groups in total. The summed E-state index contributed by atoms with van der Waals surface area (Å²) >= 11 is 1.51. The number of thiazole rings is 1. The second kappa shape index (κ2) is 6.20. The number of hydrogen-bond donors (Lipinski definition) is 1. The Morgan fingerprint density at radius 1 is 1.17 bits per heavy atom. The topological polar surface area (TPSA) is 45.2 Å². The van der Waals surface area contributed by atoms with E-state index in [-0.39, 0.29) is 11.8 Å². The number of hydrogen-bond acceptors (Lipinski definition) is 3. The first-order valence-electron chi connectivity index (χ1n) is 7.91. The Kier molecular flexibility index (Phi) is 3.90. The number of fused-ring (bicyclic) bond motifs is 1. The number of nitrogens with one attached hydrogen (secondary N) is 1. The van der Waals surface area contributed by atoms with Crippen molar-refractivity contribution in [1.29, 1.82) is 0 Å². The van der Waals surface area contributed by atoms with Crippen molar-refractivity contribution < 1.29 is 9.18 Å². The molecule has 2 amide bonds. The highest BCUT2D eigenvalue weighted by molar-refractivity contribution is 7.21. The first-order chi connectivity index (χ1) is 11.7. The number of likely N-dealkylation sites (tertiary alicyclic amines) is 1. The van der Waals surface area contributed by atoms with Crippen LogP contribution in [0.25, 0.3) is 20.8 Å². The molecule has 1 fully saturated rings. The van der Waals surface area contributed by atoms with Gasteiger partial charge >= 0.3 is 6.03 Å². The quantitative estimate of drug-likeness (QED) is 0.732. The van der Waals surface area contributed by atoms with Gasteiger partial charge in [-0.2, -0.15) is 0 Å². The molecule has 0 radical (unpaired) electrons. The van der Waals surface area contributed by atoms with Gasteiger partial charge in [-0.1, -0.05) is 12.1 Å². The van der Waals surface area contributed by atoms with Gasteiger partial charge in [0, 0.05) is 24.3 Å². The van der Waals surface area contributed by atoms with Crippen LogP contribution in [0.5, 0.6) is 0 Å². The second-order valence-electron chi connectivity index (χ2n) is 5.84. The van der Waals surface area contributed by atoms with E-state index in [9.17, 15) is 9.18 Å². The first-order valence-corrected chi connectivity index (χ1v) is 8.73. The molecule has 0 spiro atoms. The van der Waals surface area contributed by atoms with E-state index in [2.05, 4.69) is 10.3 Å². The number of benzene rings is 2. The molecular formula is C18H16FN3OS. The van der Waals surface area contributed by atoms with Gasteiger partial charge in [-0.25, -0.2) is 14.2 Å². The highest BCUT2D eigenvalue weighted by Crippen LogP contribution is 2.31. The van der Waals surface area contributed by atoms with Crippen LogP contribution in [-0.2, 0) is 0 Å². The van der Waals surface area contributed by atoms with Crippen LogP contribution in [0.15, 0.2) is 42.5 Å². The van der Waals surface area contributed by atoms with Gasteiger partial charge in [0.25, 0.3) is 0 Å². The summed E-state index contributed by atoms with van der Waals surface area (Å²) in [6, 6.07) is 12.0. The molecule has 2 heterocycles. The third-order valence-corrected chi connectivity index (χ3v) is 5.19. The Labute approximate surface area is 142 Å². The predicted octanol–water partition coefficient (Wildman–Crippen LogP) is 4.73. The minimum atomic E-state index is -0.273. The molecule has 1 aromatic heterocycles. The Hall–Kier alpha value is -2.47. The minimum absolute atomic E-state index is 0.0626. The number of amides is 2. The molecule has 24 heavy (non-hydrogen) atoms. The zero-order valence-electron chi connectivity index (χ0n) is 13.0. The molecule has 2 aromatic carbocycles. The van der Waals surface area contributed by atoms with E-state index >= 15 is 0 Å². The van der Waals surface area contributed by atoms with E-state index in [1.807, 2.05) is 29.2 Å². The Morgan fingerprint density at radius 3 is 2.79 bits per heavy atom. The van der Waals surface area contributed by atoms with Crippen molar-refractivity contribution in [2.45, 2.75) is 12.8 Å². The molecule has 0 unspecified atom stereocenters. The number of rotatable bonds is 2. The largest absolute Gasteiger partial charge is 0.325 e. The van der Waals surface area contributed by atoms with Crippen LogP contribution < -0.4 is 5.32 Å². The van der Waals surface area contributed by atoms with Crippen molar-refractivity contribution in [3.63, 3.8) is 0 Å². The fraction of sp³-hybridized carbons (Fsp3) is 0.222. The van der Waals surface area contributed by atoms with Crippen molar-refractivity contribution >= 4 is 33.3 Å². The van der Waals surface area contributed by atoms with E-state index in [4.69, 9.17) is 0 Å². The monoisotopic (exact) mass is 341 g/mol. The Balaban J connectivity index is 1.60. The van der Waals surface area contributed by atoms with Gasteiger partial charge in [0.05, 0.1) is 10.2 Å². The van der Waals surface area contributed by atoms with E-state index < -0.39 is 0 Å². The van der Waals surface area contributed by atoms with Crippen LogP contribution >= 0.6 is 11.3 Å². The molecule has 0 aliphatic carbocycles. The van der Waals surface area contributed by atoms with Crippen LogP contribution in [-0.4, -0.2) is 29.0 Å². The van der Waals surface area contributed by atoms with Crippen LogP contribution in [0.3, 0.4) is 0 Å². The van der Waals surface area contributed by atoms with E-state index in [0.717, 1.165) is 52.4 Å². The zero-order chi connectivity index (χ0) is 16.5. The number of carbonyl (C=O) groups is 1. The molecule has 122 valence electrons. The maximum atomic E-state index is 13.4. The van der Waals surface area contributed by atoms with Crippen molar-refractivity contribution in [3.8, 4) is 10.6 Å². The molecule has 0 saturated carbocycles. The highest BCUT2D eigenvalue weighted by atomic mass is 32.1. The average Bonchev–Trinajstić information content (AvgIpc) is 3.24. The number of urea groups is 1. The van der Waals surface area contributed by atoms with E-state index in [0.29, 0.717) is 0 Å². The lowest BCUT2D eigenvalue weighted by atomic mass is 10.2. The standard InChI is InChI=1S/C18H16FN3OS/c19-13-5-3-4-12(10-13)17-21-15-11-14(6-7-16(15)24-17)20-18(23)22-8-1-2-9-22/h3-7,10-11H,1-2,8-9H2,(H,20,23). The third-order valence-electron chi connectivity index (χ3n) is 4.10. The van der Waals surface area contributed by atoms with Gasteiger partial charge in [0.2, 0.25) is 0 Å². The number of nitrogens with zero attached hydrogens (tertiary/aromatic N) is 2. The van der Waals surface area contributed by atoms with E-state index in [1.54, 1.807) is 6.07 Å². The molecule has 1 aliphatic heterocycles. The zero-order valence-corrected chi connectivity index (χ0v) is 13.8.